The normalized spacial score (nSPS) is 18.8. The number of pyridine rings is 1. The van der Waals surface area contributed by atoms with E-state index >= 15 is 0 Å². The molecule has 2 rings (SSSR count). The van der Waals surface area contributed by atoms with Gasteiger partial charge in [-0.3, -0.25) is 9.59 Å². The summed E-state index contributed by atoms with van der Waals surface area (Å²) in [7, 11) is 0. The number of carboxylic acid groups (broad SMARTS) is 2. The first-order valence-electron chi connectivity index (χ1n) is 10.2. The first-order valence-corrected chi connectivity index (χ1v) is 10.2. The van der Waals surface area contributed by atoms with Gasteiger partial charge in [0.15, 0.2) is 0 Å². The van der Waals surface area contributed by atoms with Crippen LogP contribution < -0.4 is 16.0 Å². The molecule has 176 valence electrons. The Morgan fingerprint density at radius 1 is 1.25 bits per heavy atom. The molecule has 0 aromatic carbocycles. The molecule has 3 amide bonds. The van der Waals surface area contributed by atoms with Crippen molar-refractivity contribution >= 4 is 29.7 Å². The minimum atomic E-state index is -1.27. The Balaban J connectivity index is 1.79. The molecule has 0 aliphatic carbocycles. The molecule has 0 spiro atoms. The number of carbonyl (C=O) groups excluding carboxylic acids is 2. The molecule has 5 N–H and O–H groups in total. The second kappa shape index (κ2) is 11.8. The molecule has 0 bridgehead atoms. The summed E-state index contributed by atoms with van der Waals surface area (Å²) in [5.74, 6) is -2.04. The van der Waals surface area contributed by atoms with Crippen molar-refractivity contribution in [3.8, 4) is 0 Å². The third-order valence-corrected chi connectivity index (χ3v) is 4.90. The van der Waals surface area contributed by atoms with Gasteiger partial charge in [0, 0.05) is 25.2 Å². The van der Waals surface area contributed by atoms with Crippen LogP contribution >= 0.6 is 0 Å². The molecule has 2 heterocycles. The smallest absolute Gasteiger partial charge is 0.407 e. The van der Waals surface area contributed by atoms with Gasteiger partial charge in [0.1, 0.15) is 18.5 Å². The summed E-state index contributed by atoms with van der Waals surface area (Å²) >= 11 is 0. The molecule has 0 radical (unpaired) electrons. The van der Waals surface area contributed by atoms with Gasteiger partial charge in [-0.15, -0.1) is 0 Å². The van der Waals surface area contributed by atoms with Gasteiger partial charge in [-0.05, 0) is 18.6 Å². The van der Waals surface area contributed by atoms with E-state index in [0.29, 0.717) is 18.8 Å². The Hall–Kier alpha value is -3.41. The van der Waals surface area contributed by atoms with Gasteiger partial charge in [0.2, 0.25) is 11.8 Å². The zero-order chi connectivity index (χ0) is 23.7. The van der Waals surface area contributed by atoms with Crippen LogP contribution in [-0.2, 0) is 19.1 Å². The highest BCUT2D eigenvalue weighted by Crippen LogP contribution is 2.21. The second-order valence-electron chi connectivity index (χ2n) is 7.71. The number of carboxylic acids is 1. The number of carbonyl (C=O) groups is 4. The predicted molar refractivity (Wildman–Crippen MR) is 113 cm³/mol. The van der Waals surface area contributed by atoms with Crippen LogP contribution in [0.25, 0.3) is 0 Å². The maximum absolute atomic E-state index is 12.1. The highest BCUT2D eigenvalue weighted by molar-refractivity contribution is 5.85. The topological polar surface area (TPSA) is 170 Å². The third-order valence-electron chi connectivity index (χ3n) is 4.90. The molecule has 12 nitrogen and oxygen atoms in total. The average Bonchev–Trinajstić information content (AvgIpc) is 3.17. The Kier molecular flexibility index (Phi) is 9.20. The first kappa shape index (κ1) is 24.9. The number of likely N-dealkylation sites (tertiary alicyclic amines) is 1. The van der Waals surface area contributed by atoms with Crippen LogP contribution in [-0.4, -0.2) is 88.4 Å². The van der Waals surface area contributed by atoms with E-state index in [-0.39, 0.29) is 25.7 Å². The van der Waals surface area contributed by atoms with E-state index in [9.17, 15) is 29.4 Å². The average molecular weight is 451 g/mol. The summed E-state index contributed by atoms with van der Waals surface area (Å²) in [6.45, 7) is 3.05. The van der Waals surface area contributed by atoms with Gasteiger partial charge in [-0.1, -0.05) is 19.9 Å². The standard InChI is InChI=1S/C20H29N5O7/c1-12(2)18(27)24-15(19(28)29)9-23-17(26)11-32-14-7-13(25(10-14)20(30)31)8-22-16-5-3-4-6-21-16/h3-6,12-15H,7-11H2,1-2H3,(H,21,22)(H,23,26)(H,24,27)(H,28,29)(H,30,31). The molecule has 0 saturated carbocycles. The number of ether oxygens (including phenoxy) is 1. The van der Waals surface area contributed by atoms with E-state index in [0.717, 1.165) is 0 Å². The Bertz CT molecular complexity index is 805. The van der Waals surface area contributed by atoms with Gasteiger partial charge in [0.25, 0.3) is 0 Å². The number of nitrogens with zero attached hydrogens (tertiary/aromatic N) is 2. The summed E-state index contributed by atoms with van der Waals surface area (Å²) in [5.41, 5.74) is 0. The lowest BCUT2D eigenvalue weighted by atomic mass is 10.2. The monoisotopic (exact) mass is 451 g/mol. The number of rotatable bonds is 11. The summed E-state index contributed by atoms with van der Waals surface area (Å²) in [6.07, 6.45) is 0.447. The van der Waals surface area contributed by atoms with Crippen LogP contribution in [0.4, 0.5) is 10.6 Å². The summed E-state index contributed by atoms with van der Waals surface area (Å²) in [5, 5.41) is 26.5. The van der Waals surface area contributed by atoms with E-state index in [4.69, 9.17) is 4.74 Å². The van der Waals surface area contributed by atoms with Crippen LogP contribution in [0.2, 0.25) is 0 Å². The number of hydrogen-bond donors (Lipinski definition) is 5. The lowest BCUT2D eigenvalue weighted by Crippen LogP contribution is -2.50. The van der Waals surface area contributed by atoms with Crippen LogP contribution in [0.1, 0.15) is 20.3 Å². The molecule has 1 aliphatic rings. The molecule has 1 saturated heterocycles. The molecular weight excluding hydrogens is 422 g/mol. The largest absolute Gasteiger partial charge is 0.480 e. The fourth-order valence-electron chi connectivity index (χ4n) is 3.11. The van der Waals surface area contributed by atoms with Crippen molar-refractivity contribution in [1.29, 1.82) is 0 Å². The first-order chi connectivity index (χ1) is 15.2. The third kappa shape index (κ3) is 7.69. The predicted octanol–water partition coefficient (Wildman–Crippen LogP) is -0.0274. The van der Waals surface area contributed by atoms with Gasteiger partial charge in [-0.2, -0.15) is 0 Å². The van der Waals surface area contributed by atoms with Crippen LogP contribution in [0.5, 0.6) is 0 Å². The maximum atomic E-state index is 12.1. The molecule has 3 atom stereocenters. The number of amides is 3. The van der Waals surface area contributed by atoms with Crippen molar-refractivity contribution in [2.24, 2.45) is 5.92 Å². The maximum Gasteiger partial charge on any atom is 0.407 e. The van der Waals surface area contributed by atoms with Crippen molar-refractivity contribution in [3.05, 3.63) is 24.4 Å². The molecule has 12 heteroatoms. The fourth-order valence-corrected chi connectivity index (χ4v) is 3.11. The number of anilines is 1. The van der Waals surface area contributed by atoms with Crippen LogP contribution in [0.3, 0.4) is 0 Å². The van der Waals surface area contributed by atoms with Gasteiger partial charge in [-0.25, -0.2) is 14.6 Å². The minimum absolute atomic E-state index is 0.110. The van der Waals surface area contributed by atoms with Crippen molar-refractivity contribution in [1.82, 2.24) is 20.5 Å². The molecular formula is C20H29N5O7. The highest BCUT2D eigenvalue weighted by atomic mass is 16.5. The molecule has 32 heavy (non-hydrogen) atoms. The zero-order valence-corrected chi connectivity index (χ0v) is 18.0. The SMILES string of the molecule is CC(C)C(=O)NC(CNC(=O)COC1CC(CNc2ccccn2)N(C(=O)O)C1)C(=O)O. The lowest BCUT2D eigenvalue weighted by molar-refractivity contribution is -0.142. The van der Waals surface area contributed by atoms with Crippen molar-refractivity contribution in [3.63, 3.8) is 0 Å². The van der Waals surface area contributed by atoms with Gasteiger partial charge >= 0.3 is 12.1 Å². The molecule has 1 fully saturated rings. The van der Waals surface area contributed by atoms with Gasteiger partial charge in [0.05, 0.1) is 18.7 Å². The number of hydrogen-bond acceptors (Lipinski definition) is 7. The lowest BCUT2D eigenvalue weighted by Gasteiger charge is -2.21. The minimum Gasteiger partial charge on any atom is -0.480 e. The molecule has 1 aromatic heterocycles. The summed E-state index contributed by atoms with van der Waals surface area (Å²) in [6, 6.07) is 3.74. The van der Waals surface area contributed by atoms with E-state index in [1.165, 1.54) is 4.90 Å². The van der Waals surface area contributed by atoms with Gasteiger partial charge < -0.3 is 35.8 Å². The quantitative estimate of drug-likeness (QED) is 0.310. The van der Waals surface area contributed by atoms with Crippen molar-refractivity contribution in [2.75, 3.05) is 31.6 Å². The van der Waals surface area contributed by atoms with Crippen LogP contribution in [0, 0.1) is 5.92 Å². The van der Waals surface area contributed by atoms with Crippen molar-refractivity contribution in [2.45, 2.75) is 38.5 Å². The second-order valence-corrected chi connectivity index (χ2v) is 7.71. The Labute approximate surface area is 185 Å². The molecule has 1 aliphatic heterocycles. The number of aliphatic carboxylic acids is 1. The molecule has 3 unspecified atom stereocenters. The zero-order valence-electron chi connectivity index (χ0n) is 18.0. The fraction of sp³-hybridized carbons (Fsp3) is 0.550. The van der Waals surface area contributed by atoms with E-state index in [1.54, 1.807) is 32.2 Å². The summed E-state index contributed by atoms with van der Waals surface area (Å²) in [4.78, 5) is 51.9. The van der Waals surface area contributed by atoms with E-state index < -0.39 is 41.9 Å². The summed E-state index contributed by atoms with van der Waals surface area (Å²) < 4.78 is 5.54. The Morgan fingerprint density at radius 2 is 2.00 bits per heavy atom. The molecule has 1 aromatic rings. The van der Waals surface area contributed by atoms with E-state index in [2.05, 4.69) is 20.9 Å². The number of nitrogens with one attached hydrogen (secondary N) is 3. The Morgan fingerprint density at radius 3 is 2.59 bits per heavy atom. The van der Waals surface area contributed by atoms with Crippen molar-refractivity contribution < 1.29 is 34.1 Å². The van der Waals surface area contributed by atoms with Crippen LogP contribution in [0.15, 0.2) is 24.4 Å². The highest BCUT2D eigenvalue weighted by Gasteiger charge is 2.36. The van der Waals surface area contributed by atoms with E-state index in [1.807, 2.05) is 6.07 Å². The number of aromatic nitrogens is 1.